The fourth-order valence-corrected chi connectivity index (χ4v) is 1.35. The molecule has 2 N–H and O–H groups in total. The molecule has 1 atom stereocenters. The van der Waals surface area contributed by atoms with Crippen LogP contribution in [0.4, 0.5) is 0 Å². The van der Waals surface area contributed by atoms with Gasteiger partial charge < -0.3 is 15.2 Å². The molecule has 1 aromatic carbocycles. The van der Waals surface area contributed by atoms with Crippen molar-refractivity contribution in [1.82, 2.24) is 0 Å². The zero-order valence-electron chi connectivity index (χ0n) is 9.19. The number of methoxy groups -OCH3 is 1. The first kappa shape index (κ1) is 12.2. The van der Waals surface area contributed by atoms with E-state index in [0.717, 1.165) is 6.42 Å². The summed E-state index contributed by atoms with van der Waals surface area (Å²) in [4.78, 5) is 0. The minimum atomic E-state index is 0.0595. The van der Waals surface area contributed by atoms with Crippen LogP contribution in [-0.2, 0) is 15.9 Å². The summed E-state index contributed by atoms with van der Waals surface area (Å²) in [5.74, 6) is 0. The van der Waals surface area contributed by atoms with E-state index in [1.807, 2.05) is 18.2 Å². The van der Waals surface area contributed by atoms with Gasteiger partial charge in [-0.25, -0.2) is 0 Å². The maximum Gasteiger partial charge on any atom is 0.0701 e. The van der Waals surface area contributed by atoms with Crippen LogP contribution in [0.25, 0.3) is 0 Å². The summed E-state index contributed by atoms with van der Waals surface area (Å²) in [6, 6.07) is 10.3. The summed E-state index contributed by atoms with van der Waals surface area (Å²) >= 11 is 0. The lowest BCUT2D eigenvalue weighted by Crippen LogP contribution is -2.29. The van der Waals surface area contributed by atoms with Crippen LogP contribution in [0.3, 0.4) is 0 Å². The number of benzene rings is 1. The Morgan fingerprint density at radius 2 is 1.93 bits per heavy atom. The van der Waals surface area contributed by atoms with Crippen LogP contribution < -0.4 is 5.73 Å². The standard InChI is InChI=1S/C12H19NO2/c1-14-7-8-15-10-12(13)9-11-5-3-2-4-6-11/h2-6,12H,7-10,13H2,1H3/t12-/m0/s1. The highest BCUT2D eigenvalue weighted by Crippen LogP contribution is 2.01. The number of hydrogen-bond acceptors (Lipinski definition) is 3. The molecule has 0 unspecified atom stereocenters. The molecule has 0 aliphatic carbocycles. The van der Waals surface area contributed by atoms with Gasteiger partial charge in [-0.1, -0.05) is 30.3 Å². The van der Waals surface area contributed by atoms with Gasteiger partial charge in [-0.2, -0.15) is 0 Å². The summed E-state index contributed by atoms with van der Waals surface area (Å²) < 4.78 is 10.2. The average molecular weight is 209 g/mol. The minimum Gasteiger partial charge on any atom is -0.382 e. The highest BCUT2D eigenvalue weighted by molar-refractivity contribution is 5.15. The normalized spacial score (nSPS) is 12.7. The van der Waals surface area contributed by atoms with Gasteiger partial charge in [-0.3, -0.25) is 0 Å². The van der Waals surface area contributed by atoms with Gasteiger partial charge in [0.25, 0.3) is 0 Å². The van der Waals surface area contributed by atoms with Crippen LogP contribution in [0.2, 0.25) is 0 Å². The quantitative estimate of drug-likeness (QED) is 0.687. The average Bonchev–Trinajstić information content (AvgIpc) is 2.26. The molecule has 15 heavy (non-hydrogen) atoms. The lowest BCUT2D eigenvalue weighted by atomic mass is 10.1. The lowest BCUT2D eigenvalue weighted by Gasteiger charge is -2.11. The summed E-state index contributed by atoms with van der Waals surface area (Å²) in [6.45, 7) is 1.81. The van der Waals surface area contributed by atoms with E-state index in [1.54, 1.807) is 7.11 Å². The number of rotatable bonds is 7. The van der Waals surface area contributed by atoms with Gasteiger partial charge in [0.15, 0.2) is 0 Å². The molecule has 1 aromatic rings. The molecule has 0 spiro atoms. The third-order valence-corrected chi connectivity index (χ3v) is 2.10. The molecular weight excluding hydrogens is 190 g/mol. The third-order valence-electron chi connectivity index (χ3n) is 2.10. The molecule has 0 aliphatic rings. The van der Waals surface area contributed by atoms with Gasteiger partial charge in [0.05, 0.1) is 19.8 Å². The van der Waals surface area contributed by atoms with E-state index >= 15 is 0 Å². The van der Waals surface area contributed by atoms with Gasteiger partial charge in [0.1, 0.15) is 0 Å². The van der Waals surface area contributed by atoms with E-state index < -0.39 is 0 Å². The molecule has 3 nitrogen and oxygen atoms in total. The number of ether oxygens (including phenoxy) is 2. The second kappa shape index (κ2) is 7.40. The molecule has 0 saturated carbocycles. The van der Waals surface area contributed by atoms with Gasteiger partial charge in [-0.15, -0.1) is 0 Å². The summed E-state index contributed by atoms with van der Waals surface area (Å²) in [7, 11) is 1.66. The largest absolute Gasteiger partial charge is 0.382 e. The zero-order chi connectivity index (χ0) is 10.9. The Hall–Kier alpha value is -0.900. The Bertz CT molecular complexity index is 251. The fraction of sp³-hybridized carbons (Fsp3) is 0.500. The Morgan fingerprint density at radius 1 is 1.20 bits per heavy atom. The van der Waals surface area contributed by atoms with Crippen molar-refractivity contribution >= 4 is 0 Å². The molecule has 0 amide bonds. The van der Waals surface area contributed by atoms with Crippen LogP contribution in [0, 0.1) is 0 Å². The molecule has 0 bridgehead atoms. The van der Waals surface area contributed by atoms with Crippen molar-refractivity contribution in [2.45, 2.75) is 12.5 Å². The molecule has 0 fully saturated rings. The Balaban J connectivity index is 2.16. The topological polar surface area (TPSA) is 44.5 Å². The highest BCUT2D eigenvalue weighted by atomic mass is 16.5. The van der Waals surface area contributed by atoms with Crippen LogP contribution >= 0.6 is 0 Å². The summed E-state index contributed by atoms with van der Waals surface area (Å²) in [6.07, 6.45) is 0.855. The molecule has 0 saturated heterocycles. The highest BCUT2D eigenvalue weighted by Gasteiger charge is 2.03. The summed E-state index contributed by atoms with van der Waals surface area (Å²) in [5.41, 5.74) is 7.17. The second-order valence-corrected chi connectivity index (χ2v) is 3.52. The maximum absolute atomic E-state index is 5.92. The van der Waals surface area contributed by atoms with Gasteiger partial charge in [0, 0.05) is 13.2 Å². The Morgan fingerprint density at radius 3 is 2.60 bits per heavy atom. The molecule has 1 rings (SSSR count). The van der Waals surface area contributed by atoms with Crippen molar-refractivity contribution in [2.24, 2.45) is 5.73 Å². The first-order chi connectivity index (χ1) is 7.33. The minimum absolute atomic E-state index is 0.0595. The summed E-state index contributed by atoms with van der Waals surface area (Å²) in [5, 5.41) is 0. The van der Waals surface area contributed by atoms with E-state index in [4.69, 9.17) is 15.2 Å². The SMILES string of the molecule is COCCOC[C@@H](N)Cc1ccccc1. The van der Waals surface area contributed by atoms with Crippen LogP contribution in [0.1, 0.15) is 5.56 Å². The first-order valence-electron chi connectivity index (χ1n) is 5.19. The Kier molecular flexibility index (Phi) is 6.00. The third kappa shape index (κ3) is 5.52. The molecule has 84 valence electrons. The monoisotopic (exact) mass is 209 g/mol. The van der Waals surface area contributed by atoms with Crippen molar-refractivity contribution < 1.29 is 9.47 Å². The predicted molar refractivity (Wildman–Crippen MR) is 60.8 cm³/mol. The lowest BCUT2D eigenvalue weighted by molar-refractivity contribution is 0.0637. The maximum atomic E-state index is 5.92. The first-order valence-corrected chi connectivity index (χ1v) is 5.19. The van der Waals surface area contributed by atoms with E-state index in [2.05, 4.69) is 12.1 Å². The van der Waals surface area contributed by atoms with E-state index in [-0.39, 0.29) is 6.04 Å². The van der Waals surface area contributed by atoms with Crippen molar-refractivity contribution in [1.29, 1.82) is 0 Å². The Labute approximate surface area is 91.2 Å². The van der Waals surface area contributed by atoms with E-state index in [0.29, 0.717) is 19.8 Å². The molecule has 0 radical (unpaired) electrons. The van der Waals surface area contributed by atoms with Gasteiger partial charge in [-0.05, 0) is 12.0 Å². The fourth-order valence-electron chi connectivity index (χ4n) is 1.35. The van der Waals surface area contributed by atoms with Gasteiger partial charge in [0.2, 0.25) is 0 Å². The van der Waals surface area contributed by atoms with E-state index in [9.17, 15) is 0 Å². The van der Waals surface area contributed by atoms with Crippen LogP contribution in [0.15, 0.2) is 30.3 Å². The van der Waals surface area contributed by atoms with Crippen molar-refractivity contribution in [3.63, 3.8) is 0 Å². The molecule has 0 heterocycles. The smallest absolute Gasteiger partial charge is 0.0701 e. The van der Waals surface area contributed by atoms with E-state index in [1.165, 1.54) is 5.56 Å². The molecular formula is C12H19NO2. The molecule has 3 heteroatoms. The zero-order valence-corrected chi connectivity index (χ0v) is 9.19. The van der Waals surface area contributed by atoms with Crippen LogP contribution in [0.5, 0.6) is 0 Å². The van der Waals surface area contributed by atoms with Crippen molar-refractivity contribution in [3.05, 3.63) is 35.9 Å². The van der Waals surface area contributed by atoms with Crippen molar-refractivity contribution in [3.8, 4) is 0 Å². The molecule has 0 aliphatic heterocycles. The predicted octanol–water partition coefficient (Wildman–Crippen LogP) is 1.22. The van der Waals surface area contributed by atoms with Crippen LogP contribution in [-0.4, -0.2) is 33.0 Å². The number of nitrogens with two attached hydrogens (primary N) is 1. The number of hydrogen-bond donors (Lipinski definition) is 1. The van der Waals surface area contributed by atoms with Crippen molar-refractivity contribution in [2.75, 3.05) is 26.9 Å². The second-order valence-electron chi connectivity index (χ2n) is 3.52. The molecule has 0 aromatic heterocycles. The van der Waals surface area contributed by atoms with Gasteiger partial charge >= 0.3 is 0 Å².